The molecule has 3 heteroatoms. The number of benzene rings is 1. The Hall–Kier alpha value is -1.48. The molecule has 0 N–H and O–H groups in total. The van der Waals surface area contributed by atoms with Crippen LogP contribution in [0.15, 0.2) is 24.8 Å². The highest BCUT2D eigenvalue weighted by molar-refractivity contribution is 5.60. The third-order valence-electron chi connectivity index (χ3n) is 6.91. The lowest BCUT2D eigenvalue weighted by molar-refractivity contribution is -0.0477. The summed E-state index contributed by atoms with van der Waals surface area (Å²) in [5.41, 5.74) is 3.26. The van der Waals surface area contributed by atoms with Crippen LogP contribution in [0.5, 0.6) is 11.5 Å². The van der Waals surface area contributed by atoms with E-state index in [0.717, 1.165) is 30.4 Å². The number of rotatable bonds is 3. The van der Waals surface area contributed by atoms with Gasteiger partial charge in [0.1, 0.15) is 6.10 Å². The molecule has 2 aliphatic heterocycles. The molecule has 0 amide bonds. The molecule has 5 rings (SSSR count). The van der Waals surface area contributed by atoms with E-state index < -0.39 is 0 Å². The minimum absolute atomic E-state index is 0.248. The van der Waals surface area contributed by atoms with E-state index in [0.29, 0.717) is 12.1 Å². The Balaban J connectivity index is 1.71. The molecule has 1 aromatic carbocycles. The molecule has 0 aromatic heterocycles. The van der Waals surface area contributed by atoms with E-state index in [1.54, 1.807) is 7.11 Å². The summed E-state index contributed by atoms with van der Waals surface area (Å²) in [6.45, 7) is 6.16. The fourth-order valence-corrected chi connectivity index (χ4v) is 6.14. The van der Waals surface area contributed by atoms with Crippen molar-refractivity contribution in [1.29, 1.82) is 0 Å². The second-order valence-corrected chi connectivity index (χ2v) is 7.62. The van der Waals surface area contributed by atoms with Gasteiger partial charge in [-0.1, -0.05) is 12.1 Å². The predicted molar refractivity (Wildman–Crippen MR) is 90.3 cm³/mol. The van der Waals surface area contributed by atoms with Crippen LogP contribution in [0, 0.1) is 5.92 Å². The van der Waals surface area contributed by atoms with Crippen LogP contribution in [-0.4, -0.2) is 37.2 Å². The molecule has 1 saturated heterocycles. The molecule has 2 fully saturated rings. The summed E-state index contributed by atoms with van der Waals surface area (Å²) >= 11 is 0. The van der Waals surface area contributed by atoms with Crippen LogP contribution in [0.3, 0.4) is 0 Å². The van der Waals surface area contributed by atoms with Crippen molar-refractivity contribution in [1.82, 2.24) is 4.90 Å². The van der Waals surface area contributed by atoms with Crippen LogP contribution in [0.25, 0.3) is 0 Å². The Morgan fingerprint density at radius 2 is 2.35 bits per heavy atom. The van der Waals surface area contributed by atoms with Gasteiger partial charge in [-0.25, -0.2) is 0 Å². The van der Waals surface area contributed by atoms with Gasteiger partial charge in [-0.15, -0.1) is 6.58 Å². The van der Waals surface area contributed by atoms with Crippen LogP contribution in [0.4, 0.5) is 0 Å². The maximum atomic E-state index is 6.53. The number of likely N-dealkylation sites (tertiary alicyclic amines) is 1. The monoisotopic (exact) mass is 311 g/mol. The van der Waals surface area contributed by atoms with Gasteiger partial charge in [0, 0.05) is 23.6 Å². The number of ether oxygens (including phenoxy) is 2. The minimum Gasteiger partial charge on any atom is -0.493 e. The summed E-state index contributed by atoms with van der Waals surface area (Å²) in [4.78, 5) is 2.66. The summed E-state index contributed by atoms with van der Waals surface area (Å²) in [5.74, 6) is 2.73. The number of piperidine rings is 1. The standard InChI is InChI=1S/C20H25NO2/c1-3-10-21-11-9-20-14-5-4-6-17(20)23-19-16(22-2)8-7-13(18(19)20)12-15(14)21/h3,7-8,14-15,17H,1,4-6,9-12H2,2H3/t14-,15+,17-,20+/m1/s1. The molecule has 4 atom stereocenters. The van der Waals surface area contributed by atoms with E-state index in [1.807, 2.05) is 0 Å². The van der Waals surface area contributed by atoms with Crippen molar-refractivity contribution in [3.8, 4) is 11.5 Å². The van der Waals surface area contributed by atoms with Crippen molar-refractivity contribution in [2.24, 2.45) is 5.92 Å². The van der Waals surface area contributed by atoms with Gasteiger partial charge in [0.2, 0.25) is 0 Å². The van der Waals surface area contributed by atoms with Gasteiger partial charge in [-0.2, -0.15) is 0 Å². The van der Waals surface area contributed by atoms with Gasteiger partial charge in [-0.05, 0) is 56.2 Å². The number of methoxy groups -OCH3 is 1. The summed E-state index contributed by atoms with van der Waals surface area (Å²) in [6.07, 6.45) is 8.64. The molecule has 4 aliphatic rings. The first-order valence-electron chi connectivity index (χ1n) is 9.01. The first-order valence-corrected chi connectivity index (χ1v) is 9.01. The maximum Gasteiger partial charge on any atom is 0.165 e. The van der Waals surface area contributed by atoms with E-state index in [4.69, 9.17) is 9.47 Å². The minimum atomic E-state index is 0.248. The molecule has 1 spiro atoms. The summed E-state index contributed by atoms with van der Waals surface area (Å²) in [6, 6.07) is 5.05. The van der Waals surface area contributed by atoms with Gasteiger partial charge in [-0.3, -0.25) is 4.90 Å². The molecule has 1 saturated carbocycles. The first kappa shape index (κ1) is 13.9. The molecule has 2 bridgehead atoms. The molecule has 2 heterocycles. The lowest BCUT2D eigenvalue weighted by Gasteiger charge is -2.58. The topological polar surface area (TPSA) is 21.7 Å². The number of hydrogen-bond donors (Lipinski definition) is 0. The zero-order valence-corrected chi connectivity index (χ0v) is 13.9. The third-order valence-corrected chi connectivity index (χ3v) is 6.91. The highest BCUT2D eigenvalue weighted by atomic mass is 16.5. The molecule has 3 nitrogen and oxygen atoms in total. The molecular formula is C20H25NO2. The van der Waals surface area contributed by atoms with Crippen LogP contribution >= 0.6 is 0 Å². The van der Waals surface area contributed by atoms with E-state index in [-0.39, 0.29) is 5.41 Å². The first-order chi connectivity index (χ1) is 11.3. The van der Waals surface area contributed by atoms with Crippen LogP contribution in [-0.2, 0) is 11.8 Å². The van der Waals surface area contributed by atoms with E-state index in [1.165, 1.54) is 43.4 Å². The largest absolute Gasteiger partial charge is 0.493 e. The van der Waals surface area contributed by atoms with Crippen molar-refractivity contribution >= 4 is 0 Å². The van der Waals surface area contributed by atoms with Crippen molar-refractivity contribution in [3.63, 3.8) is 0 Å². The van der Waals surface area contributed by atoms with Gasteiger partial charge >= 0.3 is 0 Å². The second-order valence-electron chi connectivity index (χ2n) is 7.62. The van der Waals surface area contributed by atoms with Crippen LogP contribution < -0.4 is 9.47 Å². The molecule has 23 heavy (non-hydrogen) atoms. The summed E-state index contributed by atoms with van der Waals surface area (Å²) < 4.78 is 12.2. The molecule has 1 aromatic rings. The second kappa shape index (κ2) is 4.76. The van der Waals surface area contributed by atoms with Gasteiger partial charge in [0.15, 0.2) is 11.5 Å². The summed E-state index contributed by atoms with van der Waals surface area (Å²) in [7, 11) is 1.76. The molecule has 122 valence electrons. The van der Waals surface area contributed by atoms with E-state index >= 15 is 0 Å². The normalized spacial score (nSPS) is 37.0. The van der Waals surface area contributed by atoms with Gasteiger partial charge < -0.3 is 9.47 Å². The number of hydrogen-bond acceptors (Lipinski definition) is 3. The lowest BCUT2D eigenvalue weighted by Crippen LogP contribution is -2.64. The van der Waals surface area contributed by atoms with Crippen molar-refractivity contribution < 1.29 is 9.47 Å². The highest BCUT2D eigenvalue weighted by Gasteiger charge is 2.63. The fraction of sp³-hybridized carbons (Fsp3) is 0.600. The fourth-order valence-electron chi connectivity index (χ4n) is 6.14. The number of nitrogens with zero attached hydrogens (tertiary/aromatic N) is 1. The molecule has 2 aliphatic carbocycles. The van der Waals surface area contributed by atoms with Crippen LogP contribution in [0.2, 0.25) is 0 Å². The third kappa shape index (κ3) is 1.59. The maximum absolute atomic E-state index is 6.53. The Morgan fingerprint density at radius 1 is 1.43 bits per heavy atom. The Labute approximate surface area is 138 Å². The van der Waals surface area contributed by atoms with Crippen LogP contribution in [0.1, 0.15) is 36.8 Å². The van der Waals surface area contributed by atoms with Gasteiger partial charge in [0.25, 0.3) is 0 Å². The van der Waals surface area contributed by atoms with E-state index in [9.17, 15) is 0 Å². The predicted octanol–water partition coefficient (Wildman–Crippen LogP) is 3.31. The van der Waals surface area contributed by atoms with E-state index in [2.05, 4.69) is 29.7 Å². The zero-order chi connectivity index (χ0) is 15.6. The molecule has 0 unspecified atom stereocenters. The average molecular weight is 311 g/mol. The van der Waals surface area contributed by atoms with Crippen molar-refractivity contribution in [3.05, 3.63) is 35.9 Å². The molecular weight excluding hydrogens is 286 g/mol. The average Bonchev–Trinajstić information content (AvgIpc) is 2.91. The smallest absolute Gasteiger partial charge is 0.165 e. The Morgan fingerprint density at radius 3 is 3.17 bits per heavy atom. The lowest BCUT2D eigenvalue weighted by atomic mass is 9.52. The Bertz CT molecular complexity index is 670. The van der Waals surface area contributed by atoms with Gasteiger partial charge in [0.05, 0.1) is 7.11 Å². The van der Waals surface area contributed by atoms with Crippen molar-refractivity contribution in [2.45, 2.75) is 49.7 Å². The zero-order valence-electron chi connectivity index (χ0n) is 13.9. The quantitative estimate of drug-likeness (QED) is 0.800. The highest BCUT2D eigenvalue weighted by Crippen LogP contribution is 2.63. The van der Waals surface area contributed by atoms with Crippen molar-refractivity contribution in [2.75, 3.05) is 20.2 Å². The summed E-state index contributed by atoms with van der Waals surface area (Å²) in [5, 5.41) is 0. The Kier molecular flexibility index (Phi) is 2.88. The molecule has 0 radical (unpaired) electrons. The SMILES string of the molecule is C=CCN1CC[C@@]23c4c5ccc(OC)c4O[C@@H]2CCC[C@@H]3[C@@H]1C5.